The van der Waals surface area contributed by atoms with Gasteiger partial charge in [-0.2, -0.15) is 0 Å². The number of hydrogen-bond acceptors (Lipinski definition) is 9. The van der Waals surface area contributed by atoms with Gasteiger partial charge in [0.05, 0.1) is 34.5 Å². The summed E-state index contributed by atoms with van der Waals surface area (Å²) < 4.78 is 21.3. The first-order valence-corrected chi connectivity index (χ1v) is 10.3. The minimum absolute atomic E-state index is 0.211. The number of nitrogens with zero attached hydrogens (tertiary/aromatic N) is 3. The lowest BCUT2D eigenvalue weighted by molar-refractivity contribution is -0.116. The van der Waals surface area contributed by atoms with Gasteiger partial charge in [-0.3, -0.25) is 4.79 Å². The molecule has 1 aliphatic rings. The molecule has 172 valence electrons. The molecule has 0 radical (unpaired) electrons. The van der Waals surface area contributed by atoms with Crippen molar-refractivity contribution in [3.05, 3.63) is 36.2 Å². The van der Waals surface area contributed by atoms with Crippen molar-refractivity contribution in [2.75, 3.05) is 70.9 Å². The van der Waals surface area contributed by atoms with Crippen molar-refractivity contribution in [3.8, 4) is 17.2 Å². The molecular weight excluding hydrogens is 414 g/mol. The van der Waals surface area contributed by atoms with Crippen LogP contribution in [0.4, 0.5) is 11.6 Å². The van der Waals surface area contributed by atoms with Crippen LogP contribution in [0, 0.1) is 0 Å². The Kier molecular flexibility index (Phi) is 8.50. The standard InChI is InChI=1S/C22H29N5O5/c1-29-17-12-16(13-18(30-2)22(17)31-3)4-5-21(28)24-7-6-23-19-14-20(26-15-25-19)27-8-10-32-11-9-27/h4-5,12-15H,6-11H2,1-3H3,(H,24,28)(H,23,25,26)/b5-4+. The normalized spacial score (nSPS) is 13.7. The van der Waals surface area contributed by atoms with Crippen LogP contribution in [0.25, 0.3) is 6.08 Å². The molecule has 1 aromatic heterocycles. The van der Waals surface area contributed by atoms with Gasteiger partial charge in [0.2, 0.25) is 11.7 Å². The van der Waals surface area contributed by atoms with Crippen molar-refractivity contribution in [1.29, 1.82) is 0 Å². The Morgan fingerprint density at radius 2 is 1.78 bits per heavy atom. The second kappa shape index (κ2) is 11.8. The lowest BCUT2D eigenvalue weighted by atomic mass is 10.1. The summed E-state index contributed by atoms with van der Waals surface area (Å²) in [6.45, 7) is 3.99. The topological polar surface area (TPSA) is 107 Å². The molecule has 0 spiro atoms. The minimum Gasteiger partial charge on any atom is -0.493 e. The molecule has 3 rings (SSSR count). The Morgan fingerprint density at radius 1 is 1.06 bits per heavy atom. The molecule has 1 amide bonds. The second-order valence-corrected chi connectivity index (χ2v) is 6.87. The highest BCUT2D eigenvalue weighted by Gasteiger charge is 2.13. The Labute approximate surface area is 187 Å². The van der Waals surface area contributed by atoms with Crippen LogP contribution in [0.1, 0.15) is 5.56 Å². The fourth-order valence-corrected chi connectivity index (χ4v) is 3.21. The van der Waals surface area contributed by atoms with Crippen LogP contribution in [-0.2, 0) is 9.53 Å². The quantitative estimate of drug-likeness (QED) is 0.418. The van der Waals surface area contributed by atoms with Gasteiger partial charge in [-0.05, 0) is 23.8 Å². The molecular formula is C22H29N5O5. The van der Waals surface area contributed by atoms with Crippen LogP contribution < -0.4 is 29.7 Å². The predicted molar refractivity (Wildman–Crippen MR) is 122 cm³/mol. The van der Waals surface area contributed by atoms with Crippen LogP contribution >= 0.6 is 0 Å². The number of anilines is 2. The van der Waals surface area contributed by atoms with Gasteiger partial charge in [0, 0.05) is 38.3 Å². The maximum atomic E-state index is 12.2. The van der Waals surface area contributed by atoms with Crippen molar-refractivity contribution in [1.82, 2.24) is 15.3 Å². The van der Waals surface area contributed by atoms with E-state index in [-0.39, 0.29) is 5.91 Å². The molecule has 2 aromatic rings. The van der Waals surface area contributed by atoms with E-state index in [9.17, 15) is 4.79 Å². The number of aromatic nitrogens is 2. The first kappa shape index (κ1) is 23.1. The van der Waals surface area contributed by atoms with Crippen molar-refractivity contribution < 1.29 is 23.7 Å². The third kappa shape index (κ3) is 6.24. The Hall–Kier alpha value is -3.53. The first-order chi connectivity index (χ1) is 15.6. The molecule has 0 atom stereocenters. The molecule has 2 heterocycles. The number of ether oxygens (including phenoxy) is 4. The Balaban J connectivity index is 1.48. The molecule has 32 heavy (non-hydrogen) atoms. The molecule has 10 heteroatoms. The summed E-state index contributed by atoms with van der Waals surface area (Å²) in [5, 5.41) is 6.04. The number of methoxy groups -OCH3 is 3. The van der Waals surface area contributed by atoms with Gasteiger partial charge in [-0.1, -0.05) is 0 Å². The molecule has 1 fully saturated rings. The lowest BCUT2D eigenvalue weighted by Gasteiger charge is -2.27. The number of carbonyl (C=O) groups is 1. The van der Waals surface area contributed by atoms with E-state index in [1.54, 1.807) is 39.5 Å². The largest absolute Gasteiger partial charge is 0.493 e. The zero-order chi connectivity index (χ0) is 22.8. The van der Waals surface area contributed by atoms with Gasteiger partial charge >= 0.3 is 0 Å². The third-order valence-corrected chi connectivity index (χ3v) is 4.83. The van der Waals surface area contributed by atoms with Crippen LogP contribution in [-0.4, -0.2) is 76.6 Å². The van der Waals surface area contributed by atoms with Crippen molar-refractivity contribution in [2.24, 2.45) is 0 Å². The van der Waals surface area contributed by atoms with Crippen LogP contribution in [0.2, 0.25) is 0 Å². The summed E-state index contributed by atoms with van der Waals surface area (Å²) in [4.78, 5) is 22.9. The number of nitrogens with one attached hydrogen (secondary N) is 2. The van der Waals surface area contributed by atoms with Crippen LogP contribution in [0.15, 0.2) is 30.6 Å². The summed E-state index contributed by atoms with van der Waals surface area (Å²) >= 11 is 0. The summed E-state index contributed by atoms with van der Waals surface area (Å²) in [5.41, 5.74) is 0.754. The van der Waals surface area contributed by atoms with E-state index in [1.165, 1.54) is 12.4 Å². The average Bonchev–Trinajstić information content (AvgIpc) is 2.85. The molecule has 1 saturated heterocycles. The van der Waals surface area contributed by atoms with Crippen LogP contribution in [0.5, 0.6) is 17.2 Å². The number of amides is 1. The highest BCUT2D eigenvalue weighted by atomic mass is 16.5. The zero-order valence-electron chi connectivity index (χ0n) is 18.6. The Morgan fingerprint density at radius 3 is 2.44 bits per heavy atom. The van der Waals surface area contributed by atoms with E-state index < -0.39 is 0 Å². The molecule has 0 aliphatic carbocycles. The maximum absolute atomic E-state index is 12.2. The number of benzene rings is 1. The predicted octanol–water partition coefficient (Wildman–Crippen LogP) is 1.58. The van der Waals surface area contributed by atoms with Gasteiger partial charge in [0.1, 0.15) is 18.0 Å². The fraction of sp³-hybridized carbons (Fsp3) is 0.409. The lowest BCUT2D eigenvalue weighted by Crippen LogP contribution is -2.36. The highest BCUT2D eigenvalue weighted by molar-refractivity contribution is 5.91. The maximum Gasteiger partial charge on any atom is 0.244 e. The molecule has 1 aromatic carbocycles. The van der Waals surface area contributed by atoms with E-state index in [4.69, 9.17) is 18.9 Å². The van der Waals surface area contributed by atoms with Gasteiger partial charge in [-0.15, -0.1) is 0 Å². The molecule has 2 N–H and O–H groups in total. The molecule has 10 nitrogen and oxygen atoms in total. The first-order valence-electron chi connectivity index (χ1n) is 10.3. The number of carbonyl (C=O) groups excluding carboxylic acids is 1. The minimum atomic E-state index is -0.211. The number of rotatable bonds is 10. The van der Waals surface area contributed by atoms with Crippen LogP contribution in [0.3, 0.4) is 0 Å². The summed E-state index contributed by atoms with van der Waals surface area (Å²) in [7, 11) is 4.64. The SMILES string of the molecule is COc1cc(/C=C/C(=O)NCCNc2cc(N3CCOCC3)ncn2)cc(OC)c1OC. The molecule has 1 aliphatic heterocycles. The summed E-state index contributed by atoms with van der Waals surface area (Å²) in [6, 6.07) is 5.44. The van der Waals surface area contributed by atoms with E-state index in [1.807, 2.05) is 6.07 Å². The van der Waals surface area contributed by atoms with E-state index in [2.05, 4.69) is 25.5 Å². The molecule has 0 bridgehead atoms. The summed E-state index contributed by atoms with van der Waals surface area (Å²) in [6.07, 6.45) is 4.68. The van der Waals surface area contributed by atoms with Crippen molar-refractivity contribution in [3.63, 3.8) is 0 Å². The Bertz CT molecular complexity index is 906. The smallest absolute Gasteiger partial charge is 0.244 e. The number of hydrogen-bond donors (Lipinski definition) is 2. The summed E-state index contributed by atoms with van der Waals surface area (Å²) in [5.74, 6) is 2.92. The van der Waals surface area contributed by atoms with Crippen molar-refractivity contribution >= 4 is 23.6 Å². The zero-order valence-corrected chi connectivity index (χ0v) is 18.6. The van der Waals surface area contributed by atoms with Crippen molar-refractivity contribution in [2.45, 2.75) is 0 Å². The van der Waals surface area contributed by atoms with E-state index in [0.717, 1.165) is 24.5 Å². The van der Waals surface area contributed by atoms with Gasteiger partial charge < -0.3 is 34.5 Å². The van der Waals surface area contributed by atoms with Gasteiger partial charge in [0.15, 0.2) is 11.5 Å². The van der Waals surface area contributed by atoms with E-state index >= 15 is 0 Å². The van der Waals surface area contributed by atoms with Gasteiger partial charge in [-0.25, -0.2) is 9.97 Å². The van der Waals surface area contributed by atoms with Gasteiger partial charge in [0.25, 0.3) is 0 Å². The molecule has 0 saturated carbocycles. The number of morpholine rings is 1. The average molecular weight is 444 g/mol. The molecule has 0 unspecified atom stereocenters. The fourth-order valence-electron chi connectivity index (χ4n) is 3.21. The highest BCUT2D eigenvalue weighted by Crippen LogP contribution is 2.38. The van der Waals surface area contributed by atoms with E-state index in [0.29, 0.717) is 49.4 Å². The monoisotopic (exact) mass is 443 g/mol. The third-order valence-electron chi connectivity index (χ3n) is 4.83. The second-order valence-electron chi connectivity index (χ2n) is 6.87.